The molecule has 0 spiro atoms. The molecule has 2 rings (SSSR count). The number of carbonyl (C=O) groups excluding carboxylic acids is 2. The van der Waals surface area contributed by atoms with Gasteiger partial charge in [-0.3, -0.25) is 4.79 Å². The van der Waals surface area contributed by atoms with Crippen molar-refractivity contribution in [2.75, 3.05) is 6.61 Å². The van der Waals surface area contributed by atoms with E-state index in [9.17, 15) is 18.0 Å². The Labute approximate surface area is 181 Å². The Bertz CT molecular complexity index is 1020. The van der Waals surface area contributed by atoms with Gasteiger partial charge in [-0.05, 0) is 51.5 Å². The summed E-state index contributed by atoms with van der Waals surface area (Å²) < 4.78 is 32.6. The van der Waals surface area contributed by atoms with E-state index >= 15 is 0 Å². The maximum Gasteiger partial charge on any atom is 0.338 e. The first-order valence-electron chi connectivity index (χ1n) is 9.24. The van der Waals surface area contributed by atoms with E-state index in [4.69, 9.17) is 16.3 Å². The predicted octanol–water partition coefficient (Wildman–Crippen LogP) is 3.45. The number of esters is 1. The Morgan fingerprint density at radius 2 is 1.73 bits per heavy atom. The molecule has 162 valence electrons. The minimum absolute atomic E-state index is 0.0299. The fourth-order valence-corrected chi connectivity index (χ4v) is 4.56. The lowest BCUT2D eigenvalue weighted by molar-refractivity contribution is -0.124. The molecule has 30 heavy (non-hydrogen) atoms. The van der Waals surface area contributed by atoms with Gasteiger partial charge in [0.15, 0.2) is 6.61 Å². The summed E-state index contributed by atoms with van der Waals surface area (Å²) in [6.07, 6.45) is 0. The number of hydrogen-bond acceptors (Lipinski definition) is 5. The van der Waals surface area contributed by atoms with E-state index in [1.54, 1.807) is 20.8 Å². The highest BCUT2D eigenvalue weighted by Gasteiger charge is 2.25. The number of ether oxygens (including phenoxy) is 1. The van der Waals surface area contributed by atoms with Crippen LogP contribution in [0.15, 0.2) is 53.4 Å². The second-order valence-corrected chi connectivity index (χ2v) is 9.83. The van der Waals surface area contributed by atoms with Crippen LogP contribution in [0.1, 0.15) is 49.7 Å². The number of sulfonamides is 1. The summed E-state index contributed by atoms with van der Waals surface area (Å²) >= 11 is 6.02. The molecule has 0 saturated carbocycles. The Hall–Kier alpha value is -2.42. The molecule has 2 aromatic rings. The van der Waals surface area contributed by atoms with E-state index in [1.165, 1.54) is 12.1 Å². The van der Waals surface area contributed by atoms with Crippen LogP contribution in [0.3, 0.4) is 0 Å². The van der Waals surface area contributed by atoms with Gasteiger partial charge in [-0.15, -0.1) is 0 Å². The third-order valence-corrected chi connectivity index (χ3v) is 6.15. The summed E-state index contributed by atoms with van der Waals surface area (Å²) in [6, 6.07) is 12.8. The van der Waals surface area contributed by atoms with E-state index in [-0.39, 0.29) is 21.5 Å². The first-order chi connectivity index (χ1) is 13.9. The number of benzene rings is 2. The van der Waals surface area contributed by atoms with Gasteiger partial charge in [0.1, 0.15) is 4.90 Å². The molecule has 0 radical (unpaired) electrons. The first kappa shape index (κ1) is 23.9. The van der Waals surface area contributed by atoms with Crippen LogP contribution >= 0.6 is 11.6 Å². The van der Waals surface area contributed by atoms with Crippen LogP contribution in [-0.2, 0) is 19.6 Å². The molecule has 0 heterocycles. The maximum atomic E-state index is 12.6. The normalized spacial score (nSPS) is 12.8. The number of hydrogen-bond donors (Lipinski definition) is 2. The molecule has 9 heteroatoms. The molecule has 0 fully saturated rings. The molecule has 0 aromatic heterocycles. The Morgan fingerprint density at radius 1 is 1.10 bits per heavy atom. The lowest BCUT2D eigenvalue weighted by Gasteiger charge is -2.21. The van der Waals surface area contributed by atoms with Crippen LogP contribution in [0.5, 0.6) is 0 Å². The predicted molar refractivity (Wildman–Crippen MR) is 115 cm³/mol. The average molecular weight is 453 g/mol. The molecule has 0 aliphatic heterocycles. The standard InChI is InChI=1S/C21H25ClN2O5S/c1-14(15-8-6-5-7-9-15)23-19(25)13-29-20(26)16-10-11-17(22)18(12-16)30(27,28)24-21(2,3)4/h5-12,14,24H,13H2,1-4H3,(H,23,25). The van der Waals surface area contributed by atoms with E-state index < -0.39 is 34.0 Å². The summed E-state index contributed by atoms with van der Waals surface area (Å²) in [5, 5.41) is 2.70. The van der Waals surface area contributed by atoms with Gasteiger partial charge in [-0.2, -0.15) is 0 Å². The lowest BCUT2D eigenvalue weighted by Crippen LogP contribution is -2.40. The summed E-state index contributed by atoms with van der Waals surface area (Å²) in [5.74, 6) is -1.31. The molecular weight excluding hydrogens is 428 g/mol. The highest BCUT2D eigenvalue weighted by molar-refractivity contribution is 7.89. The van der Waals surface area contributed by atoms with E-state index in [0.717, 1.165) is 11.6 Å². The summed E-state index contributed by atoms with van der Waals surface area (Å²) in [4.78, 5) is 24.2. The van der Waals surface area contributed by atoms with Gasteiger partial charge in [-0.1, -0.05) is 41.9 Å². The van der Waals surface area contributed by atoms with Crippen molar-refractivity contribution in [2.24, 2.45) is 0 Å². The smallest absolute Gasteiger partial charge is 0.338 e. The molecule has 0 aliphatic rings. The molecule has 2 aromatic carbocycles. The molecule has 1 unspecified atom stereocenters. The van der Waals surface area contributed by atoms with Crippen molar-refractivity contribution in [1.29, 1.82) is 0 Å². The van der Waals surface area contributed by atoms with Crippen molar-refractivity contribution in [3.05, 3.63) is 64.7 Å². The summed E-state index contributed by atoms with van der Waals surface area (Å²) in [7, 11) is -3.95. The second kappa shape index (κ2) is 9.59. The molecule has 1 amide bonds. The number of nitrogens with one attached hydrogen (secondary N) is 2. The lowest BCUT2D eigenvalue weighted by atomic mass is 10.1. The van der Waals surface area contributed by atoms with Crippen molar-refractivity contribution < 1.29 is 22.7 Å². The zero-order chi connectivity index (χ0) is 22.5. The van der Waals surface area contributed by atoms with Crippen molar-refractivity contribution in [3.63, 3.8) is 0 Å². The average Bonchev–Trinajstić information content (AvgIpc) is 2.65. The van der Waals surface area contributed by atoms with Crippen LogP contribution in [0, 0.1) is 0 Å². The molecular formula is C21H25ClN2O5S. The van der Waals surface area contributed by atoms with Gasteiger partial charge >= 0.3 is 5.97 Å². The Kier molecular flexibility index (Phi) is 7.63. The quantitative estimate of drug-likeness (QED) is 0.626. The summed E-state index contributed by atoms with van der Waals surface area (Å²) in [5.41, 5.74) is 0.153. The van der Waals surface area contributed by atoms with Crippen molar-refractivity contribution in [1.82, 2.24) is 10.0 Å². The third-order valence-electron chi connectivity index (χ3n) is 3.91. The molecule has 0 saturated heterocycles. The minimum atomic E-state index is -3.95. The fraction of sp³-hybridized carbons (Fsp3) is 0.333. The number of halogens is 1. The number of rotatable bonds is 7. The zero-order valence-corrected chi connectivity index (χ0v) is 18.8. The monoisotopic (exact) mass is 452 g/mol. The highest BCUT2D eigenvalue weighted by atomic mass is 35.5. The van der Waals surface area contributed by atoms with Crippen molar-refractivity contribution >= 4 is 33.5 Å². The summed E-state index contributed by atoms with van der Waals surface area (Å²) in [6.45, 7) is 6.37. The molecule has 2 N–H and O–H groups in total. The second-order valence-electron chi connectivity index (χ2n) is 7.78. The van der Waals surface area contributed by atoms with Crippen LogP contribution in [0.25, 0.3) is 0 Å². The largest absolute Gasteiger partial charge is 0.452 e. The van der Waals surface area contributed by atoms with Crippen LogP contribution in [0.4, 0.5) is 0 Å². The molecule has 0 aliphatic carbocycles. The number of carbonyl (C=O) groups is 2. The SMILES string of the molecule is CC(NC(=O)COC(=O)c1ccc(Cl)c(S(=O)(=O)NC(C)(C)C)c1)c1ccccc1. The topological polar surface area (TPSA) is 102 Å². The van der Waals surface area contributed by atoms with Gasteiger partial charge in [0.2, 0.25) is 10.0 Å². The molecule has 7 nitrogen and oxygen atoms in total. The van der Waals surface area contributed by atoms with Crippen LogP contribution < -0.4 is 10.0 Å². The van der Waals surface area contributed by atoms with E-state index in [0.29, 0.717) is 0 Å². The van der Waals surface area contributed by atoms with Crippen molar-refractivity contribution in [2.45, 2.75) is 44.2 Å². The van der Waals surface area contributed by atoms with E-state index in [2.05, 4.69) is 10.0 Å². The molecule has 1 atom stereocenters. The van der Waals surface area contributed by atoms with Crippen LogP contribution in [-0.4, -0.2) is 32.4 Å². The Morgan fingerprint density at radius 3 is 2.33 bits per heavy atom. The Balaban J connectivity index is 2.04. The minimum Gasteiger partial charge on any atom is -0.452 e. The zero-order valence-electron chi connectivity index (χ0n) is 17.2. The first-order valence-corrected chi connectivity index (χ1v) is 11.1. The van der Waals surface area contributed by atoms with Crippen molar-refractivity contribution in [3.8, 4) is 0 Å². The van der Waals surface area contributed by atoms with Gasteiger partial charge in [0.05, 0.1) is 16.6 Å². The van der Waals surface area contributed by atoms with Gasteiger partial charge in [0.25, 0.3) is 5.91 Å². The van der Waals surface area contributed by atoms with Gasteiger partial charge in [0, 0.05) is 5.54 Å². The fourth-order valence-electron chi connectivity index (χ4n) is 2.62. The van der Waals surface area contributed by atoms with E-state index in [1.807, 2.05) is 37.3 Å². The maximum absolute atomic E-state index is 12.6. The van der Waals surface area contributed by atoms with Crippen LogP contribution in [0.2, 0.25) is 5.02 Å². The van der Waals surface area contributed by atoms with Gasteiger partial charge < -0.3 is 10.1 Å². The third kappa shape index (κ3) is 6.83. The highest BCUT2D eigenvalue weighted by Crippen LogP contribution is 2.24. The van der Waals surface area contributed by atoms with Gasteiger partial charge in [-0.25, -0.2) is 17.9 Å². The number of amides is 1. The molecule has 0 bridgehead atoms.